The Morgan fingerprint density at radius 1 is 1.24 bits per heavy atom. The summed E-state index contributed by atoms with van der Waals surface area (Å²) in [5.74, 6) is 0. The van der Waals surface area contributed by atoms with Crippen molar-refractivity contribution in [3.05, 3.63) is 34.2 Å². The van der Waals surface area contributed by atoms with Crippen LogP contribution in [0.15, 0.2) is 29.3 Å². The van der Waals surface area contributed by atoms with Crippen molar-refractivity contribution in [1.29, 1.82) is 0 Å². The number of rotatable bonds is 0. The van der Waals surface area contributed by atoms with Gasteiger partial charge in [0.25, 0.3) is 0 Å². The van der Waals surface area contributed by atoms with Crippen molar-refractivity contribution >= 4 is 27.0 Å². The van der Waals surface area contributed by atoms with Gasteiger partial charge in [0, 0.05) is 10.1 Å². The van der Waals surface area contributed by atoms with E-state index in [2.05, 4.69) is 31.2 Å². The van der Waals surface area contributed by atoms with E-state index in [1.54, 1.807) is 5.57 Å². The summed E-state index contributed by atoms with van der Waals surface area (Å²) >= 11 is 1.94. The Bertz CT molecular complexity index is 725. The summed E-state index contributed by atoms with van der Waals surface area (Å²) in [5, 5.41) is 2.64. The van der Waals surface area contributed by atoms with Crippen molar-refractivity contribution in [3.63, 3.8) is 0 Å². The maximum absolute atomic E-state index is 5.07. The van der Waals surface area contributed by atoms with Crippen LogP contribution < -0.4 is 9.89 Å². The lowest BCUT2D eigenvalue weighted by molar-refractivity contribution is 0.465. The molecule has 86 valence electrons. The Hall–Kier alpha value is -1.15. The lowest BCUT2D eigenvalue weighted by Gasteiger charge is -2.29. The largest absolute Gasteiger partial charge is 0.272 e. The molecule has 2 heteroatoms. The molecule has 4 rings (SSSR count). The lowest BCUT2D eigenvalue weighted by Crippen LogP contribution is -2.27. The molecule has 2 aromatic rings. The van der Waals surface area contributed by atoms with Gasteiger partial charge in [-0.15, -0.1) is 11.3 Å². The summed E-state index contributed by atoms with van der Waals surface area (Å²) in [7, 11) is 0. The van der Waals surface area contributed by atoms with Crippen LogP contribution >= 0.6 is 11.3 Å². The normalized spacial score (nSPS) is 26.8. The molecule has 1 atom stereocenters. The summed E-state index contributed by atoms with van der Waals surface area (Å²) in [6, 6.07) is 8.68. The first-order chi connectivity index (χ1) is 8.28. The SMILES string of the molecule is CC12CCCCC1=c1sc3ccccc3c1=N2. The smallest absolute Gasteiger partial charge is 0.0844 e. The molecule has 1 saturated carbocycles. The van der Waals surface area contributed by atoms with Crippen molar-refractivity contribution < 1.29 is 0 Å². The van der Waals surface area contributed by atoms with Gasteiger partial charge in [0.1, 0.15) is 0 Å². The monoisotopic (exact) mass is 241 g/mol. The Morgan fingerprint density at radius 3 is 3.06 bits per heavy atom. The van der Waals surface area contributed by atoms with E-state index in [1.165, 1.54) is 45.7 Å². The highest BCUT2D eigenvalue weighted by Gasteiger charge is 2.35. The fourth-order valence-corrected chi connectivity index (χ4v) is 4.61. The van der Waals surface area contributed by atoms with Crippen LogP contribution in [0, 0.1) is 0 Å². The van der Waals surface area contributed by atoms with Crippen molar-refractivity contribution in [3.8, 4) is 0 Å². The zero-order valence-electron chi connectivity index (χ0n) is 9.99. The number of nitrogens with zero attached hydrogens (tertiary/aromatic N) is 1. The van der Waals surface area contributed by atoms with Crippen LogP contribution in [-0.2, 0) is 0 Å². The summed E-state index contributed by atoms with van der Waals surface area (Å²) in [4.78, 5) is 5.07. The summed E-state index contributed by atoms with van der Waals surface area (Å²) in [5.41, 5.74) is 1.74. The van der Waals surface area contributed by atoms with E-state index in [4.69, 9.17) is 4.99 Å². The predicted molar refractivity (Wildman–Crippen MR) is 72.9 cm³/mol. The highest BCUT2D eigenvalue weighted by atomic mass is 32.1. The van der Waals surface area contributed by atoms with Crippen LogP contribution in [0.5, 0.6) is 0 Å². The van der Waals surface area contributed by atoms with Crippen LogP contribution in [-0.4, -0.2) is 5.54 Å². The Morgan fingerprint density at radius 2 is 2.12 bits per heavy atom. The van der Waals surface area contributed by atoms with Gasteiger partial charge < -0.3 is 0 Å². The Labute approximate surface area is 105 Å². The first-order valence-corrected chi connectivity index (χ1v) is 7.21. The third-order valence-corrected chi connectivity index (χ3v) is 5.41. The summed E-state index contributed by atoms with van der Waals surface area (Å²) in [6.07, 6.45) is 5.16. The van der Waals surface area contributed by atoms with E-state index in [0.29, 0.717) is 0 Å². The third kappa shape index (κ3) is 1.22. The summed E-state index contributed by atoms with van der Waals surface area (Å²) < 4.78 is 2.87. The number of fused-ring (bicyclic) bond motifs is 4. The average Bonchev–Trinajstić information content (AvgIpc) is 2.81. The predicted octanol–water partition coefficient (Wildman–Crippen LogP) is 3.02. The van der Waals surface area contributed by atoms with E-state index >= 15 is 0 Å². The molecular weight excluding hydrogens is 226 g/mol. The third-order valence-electron chi connectivity index (χ3n) is 4.19. The second kappa shape index (κ2) is 3.20. The minimum Gasteiger partial charge on any atom is -0.272 e. The molecule has 1 unspecified atom stereocenters. The molecule has 0 N–H and O–H groups in total. The van der Waals surface area contributed by atoms with Crippen LogP contribution in [0.25, 0.3) is 15.7 Å². The summed E-state index contributed by atoms with van der Waals surface area (Å²) in [6.45, 7) is 2.32. The second-order valence-electron chi connectivity index (χ2n) is 5.35. The van der Waals surface area contributed by atoms with Crippen LogP contribution in [0.2, 0.25) is 0 Å². The highest BCUT2D eigenvalue weighted by Crippen LogP contribution is 2.38. The average molecular weight is 241 g/mol. The number of thiophene rings is 1. The van der Waals surface area contributed by atoms with Gasteiger partial charge >= 0.3 is 0 Å². The van der Waals surface area contributed by atoms with Gasteiger partial charge in [0.2, 0.25) is 0 Å². The molecule has 1 fully saturated rings. The zero-order valence-corrected chi connectivity index (χ0v) is 10.8. The molecule has 0 saturated heterocycles. The van der Waals surface area contributed by atoms with Gasteiger partial charge in [0.05, 0.1) is 15.4 Å². The molecule has 17 heavy (non-hydrogen) atoms. The molecule has 0 spiro atoms. The molecule has 1 aromatic carbocycles. The molecular formula is C15H15NS. The standard InChI is InChI=1S/C15H15NS/c1-15-9-5-4-7-11(15)14-13(16-15)10-6-2-3-8-12(10)17-14/h2-3,6,8H,4-5,7,9H2,1H3. The molecule has 1 nitrogen and oxygen atoms in total. The fraction of sp³-hybridized carbons (Fsp3) is 0.400. The van der Waals surface area contributed by atoms with E-state index in [1.807, 2.05) is 11.3 Å². The van der Waals surface area contributed by atoms with Gasteiger partial charge in [-0.1, -0.05) is 24.6 Å². The number of hydrogen-bond acceptors (Lipinski definition) is 2. The van der Waals surface area contributed by atoms with Crippen molar-refractivity contribution in [2.75, 3.05) is 0 Å². The molecule has 0 bridgehead atoms. The maximum Gasteiger partial charge on any atom is 0.0844 e. The van der Waals surface area contributed by atoms with E-state index in [-0.39, 0.29) is 5.54 Å². The zero-order chi connectivity index (χ0) is 11.5. The van der Waals surface area contributed by atoms with Crippen LogP contribution in [0.1, 0.15) is 32.6 Å². The van der Waals surface area contributed by atoms with E-state index in [9.17, 15) is 0 Å². The molecule has 0 radical (unpaired) electrons. The second-order valence-corrected chi connectivity index (χ2v) is 6.40. The minimum absolute atomic E-state index is 0.128. The fourth-order valence-electron chi connectivity index (χ4n) is 3.27. The van der Waals surface area contributed by atoms with Gasteiger partial charge in [0.15, 0.2) is 0 Å². The van der Waals surface area contributed by atoms with Crippen LogP contribution in [0.3, 0.4) is 0 Å². The molecule has 0 amide bonds. The number of benzene rings is 1. The van der Waals surface area contributed by atoms with Crippen molar-refractivity contribution in [2.45, 2.75) is 38.1 Å². The molecule has 1 aliphatic heterocycles. The Balaban J connectivity index is 2.17. The van der Waals surface area contributed by atoms with Crippen molar-refractivity contribution in [2.24, 2.45) is 4.99 Å². The molecule has 1 aliphatic carbocycles. The number of hydrogen-bond donors (Lipinski definition) is 0. The van der Waals surface area contributed by atoms with Crippen LogP contribution in [0.4, 0.5) is 0 Å². The molecule has 2 aliphatic rings. The van der Waals surface area contributed by atoms with E-state index < -0.39 is 0 Å². The first-order valence-electron chi connectivity index (χ1n) is 6.39. The minimum atomic E-state index is 0.128. The first kappa shape index (κ1) is 9.84. The Kier molecular flexibility index (Phi) is 1.85. The van der Waals surface area contributed by atoms with E-state index in [0.717, 1.165) is 0 Å². The van der Waals surface area contributed by atoms with Gasteiger partial charge in [-0.2, -0.15) is 0 Å². The molecule has 2 heterocycles. The lowest BCUT2D eigenvalue weighted by atomic mass is 9.80. The van der Waals surface area contributed by atoms with Gasteiger partial charge in [-0.05, 0) is 37.8 Å². The highest BCUT2D eigenvalue weighted by molar-refractivity contribution is 7.17. The van der Waals surface area contributed by atoms with Gasteiger partial charge in [-0.3, -0.25) is 4.99 Å². The van der Waals surface area contributed by atoms with Crippen molar-refractivity contribution in [1.82, 2.24) is 0 Å². The topological polar surface area (TPSA) is 12.4 Å². The maximum atomic E-state index is 5.07. The quantitative estimate of drug-likeness (QED) is 0.672. The van der Waals surface area contributed by atoms with Gasteiger partial charge in [-0.25, -0.2) is 0 Å². The molecule has 1 aromatic heterocycles.